The normalized spacial score (nSPS) is 12.0. The Morgan fingerprint density at radius 1 is 1.19 bits per heavy atom. The molecule has 0 unspecified atom stereocenters. The molecule has 7 heteroatoms. The summed E-state index contributed by atoms with van der Waals surface area (Å²) in [6.07, 6.45) is 1.99. The zero-order valence-electron chi connectivity index (χ0n) is 11.4. The molecule has 0 bridgehead atoms. The number of hydrogen-bond acceptors (Lipinski definition) is 3. The standard InChI is InChI=1S/C14H16N4O.2ClH/c19-14(6-13-3-4-17-18-13)16-7-10-1-2-11-8-15-9-12(11)5-10;;/h1-5,15H,6-9H2,(H,16,19)(H,17,18);2*1H. The van der Waals surface area contributed by atoms with E-state index in [2.05, 4.69) is 39.0 Å². The molecule has 2 aromatic rings. The third-order valence-electron chi connectivity index (χ3n) is 3.30. The Morgan fingerprint density at radius 3 is 2.76 bits per heavy atom. The number of halogens is 2. The first-order chi connectivity index (χ1) is 9.31. The highest BCUT2D eigenvalue weighted by Crippen LogP contribution is 2.16. The average molecular weight is 329 g/mol. The Labute approximate surface area is 135 Å². The lowest BCUT2D eigenvalue weighted by molar-refractivity contribution is -0.120. The number of nitrogens with zero attached hydrogens (tertiary/aromatic N) is 1. The second kappa shape index (κ2) is 8.02. The van der Waals surface area contributed by atoms with Crippen LogP contribution in [0.4, 0.5) is 0 Å². The first kappa shape index (κ1) is 17.5. The van der Waals surface area contributed by atoms with E-state index < -0.39 is 0 Å². The highest BCUT2D eigenvalue weighted by molar-refractivity contribution is 5.85. The van der Waals surface area contributed by atoms with E-state index in [4.69, 9.17) is 0 Å². The van der Waals surface area contributed by atoms with Gasteiger partial charge in [-0.25, -0.2) is 0 Å². The third-order valence-corrected chi connectivity index (χ3v) is 3.30. The van der Waals surface area contributed by atoms with E-state index in [1.54, 1.807) is 12.3 Å². The molecule has 3 N–H and O–H groups in total. The van der Waals surface area contributed by atoms with Crippen LogP contribution in [0.15, 0.2) is 30.5 Å². The van der Waals surface area contributed by atoms with Crippen LogP contribution in [0.3, 0.4) is 0 Å². The van der Waals surface area contributed by atoms with E-state index >= 15 is 0 Å². The predicted molar refractivity (Wildman–Crippen MR) is 85.6 cm³/mol. The Balaban J connectivity index is 0.00000110. The molecular weight excluding hydrogens is 311 g/mol. The smallest absolute Gasteiger partial charge is 0.226 e. The number of benzene rings is 1. The zero-order chi connectivity index (χ0) is 13.1. The maximum atomic E-state index is 11.7. The average Bonchev–Trinajstić information content (AvgIpc) is 3.06. The van der Waals surface area contributed by atoms with Crippen molar-refractivity contribution in [1.82, 2.24) is 20.8 Å². The van der Waals surface area contributed by atoms with Gasteiger partial charge in [0.25, 0.3) is 0 Å². The maximum absolute atomic E-state index is 11.7. The van der Waals surface area contributed by atoms with Crippen molar-refractivity contribution in [2.45, 2.75) is 26.1 Å². The van der Waals surface area contributed by atoms with Gasteiger partial charge in [0.2, 0.25) is 5.91 Å². The summed E-state index contributed by atoms with van der Waals surface area (Å²) in [5.74, 6) is 0.00266. The highest BCUT2D eigenvalue weighted by atomic mass is 35.5. The number of fused-ring (bicyclic) bond motifs is 1. The molecule has 1 aliphatic rings. The van der Waals surface area contributed by atoms with Crippen molar-refractivity contribution in [2.75, 3.05) is 0 Å². The summed E-state index contributed by atoms with van der Waals surface area (Å²) in [4.78, 5) is 11.7. The summed E-state index contributed by atoms with van der Waals surface area (Å²) in [6, 6.07) is 8.17. The fraction of sp³-hybridized carbons (Fsp3) is 0.286. The third kappa shape index (κ3) is 4.46. The minimum Gasteiger partial charge on any atom is -0.352 e. The van der Waals surface area contributed by atoms with Crippen LogP contribution < -0.4 is 10.6 Å². The van der Waals surface area contributed by atoms with Crippen LogP contribution in [0.25, 0.3) is 0 Å². The van der Waals surface area contributed by atoms with E-state index in [-0.39, 0.29) is 30.7 Å². The monoisotopic (exact) mass is 328 g/mol. The van der Waals surface area contributed by atoms with Gasteiger partial charge in [0.1, 0.15) is 0 Å². The molecule has 0 spiro atoms. The molecule has 0 saturated heterocycles. The summed E-state index contributed by atoms with van der Waals surface area (Å²) < 4.78 is 0. The summed E-state index contributed by atoms with van der Waals surface area (Å²) in [5.41, 5.74) is 4.66. The number of carbonyl (C=O) groups is 1. The van der Waals surface area contributed by atoms with Crippen molar-refractivity contribution >= 4 is 30.7 Å². The molecule has 0 radical (unpaired) electrons. The number of nitrogens with one attached hydrogen (secondary N) is 3. The Morgan fingerprint density at radius 2 is 2.00 bits per heavy atom. The van der Waals surface area contributed by atoms with Gasteiger partial charge in [-0.1, -0.05) is 18.2 Å². The Kier molecular flexibility index (Phi) is 6.68. The molecule has 0 saturated carbocycles. The second-order valence-electron chi connectivity index (χ2n) is 4.74. The van der Waals surface area contributed by atoms with Gasteiger partial charge in [0.05, 0.1) is 6.42 Å². The number of hydrogen-bond donors (Lipinski definition) is 3. The molecule has 3 rings (SSSR count). The highest BCUT2D eigenvalue weighted by Gasteiger charge is 2.10. The molecule has 5 nitrogen and oxygen atoms in total. The van der Waals surface area contributed by atoms with Gasteiger partial charge in [0.15, 0.2) is 0 Å². The van der Waals surface area contributed by atoms with Crippen LogP contribution in [0.5, 0.6) is 0 Å². The van der Waals surface area contributed by atoms with Crippen molar-refractivity contribution < 1.29 is 4.79 Å². The van der Waals surface area contributed by atoms with Crippen molar-refractivity contribution in [3.63, 3.8) is 0 Å². The molecule has 114 valence electrons. The van der Waals surface area contributed by atoms with Crippen molar-refractivity contribution in [2.24, 2.45) is 0 Å². The maximum Gasteiger partial charge on any atom is 0.226 e. The largest absolute Gasteiger partial charge is 0.352 e. The van der Waals surface area contributed by atoms with Crippen molar-refractivity contribution in [3.8, 4) is 0 Å². The van der Waals surface area contributed by atoms with Gasteiger partial charge in [-0.15, -0.1) is 24.8 Å². The Hall–Kier alpha value is -1.56. The van der Waals surface area contributed by atoms with Crippen molar-refractivity contribution in [3.05, 3.63) is 52.8 Å². The SMILES string of the molecule is Cl.Cl.O=C(Cc1ccn[nH]1)NCc1ccc2c(c1)CNC2. The van der Waals surface area contributed by atoms with E-state index in [1.165, 1.54) is 11.1 Å². The number of aromatic nitrogens is 2. The Bertz CT molecular complexity index is 587. The number of rotatable bonds is 4. The summed E-state index contributed by atoms with van der Waals surface area (Å²) in [5, 5.41) is 12.8. The van der Waals surface area contributed by atoms with E-state index in [1.807, 2.05) is 0 Å². The molecule has 1 aliphatic heterocycles. The molecule has 1 aromatic heterocycles. The summed E-state index contributed by atoms with van der Waals surface area (Å²) >= 11 is 0. The molecular formula is C14H18Cl2N4O. The molecule has 1 aromatic carbocycles. The second-order valence-corrected chi connectivity index (χ2v) is 4.74. The lowest BCUT2D eigenvalue weighted by atomic mass is 10.1. The minimum atomic E-state index is 0. The first-order valence-electron chi connectivity index (χ1n) is 6.37. The molecule has 0 atom stereocenters. The van der Waals surface area contributed by atoms with E-state index in [0.717, 1.165) is 24.3 Å². The molecule has 21 heavy (non-hydrogen) atoms. The van der Waals surface area contributed by atoms with Gasteiger partial charge in [-0.3, -0.25) is 9.89 Å². The lowest BCUT2D eigenvalue weighted by Crippen LogP contribution is -2.24. The summed E-state index contributed by atoms with van der Waals surface area (Å²) in [6.45, 7) is 2.44. The molecule has 0 aliphatic carbocycles. The first-order valence-corrected chi connectivity index (χ1v) is 6.37. The van der Waals surface area contributed by atoms with Crippen LogP contribution in [-0.4, -0.2) is 16.1 Å². The van der Waals surface area contributed by atoms with Gasteiger partial charge in [-0.2, -0.15) is 5.10 Å². The zero-order valence-corrected chi connectivity index (χ0v) is 13.0. The molecule has 0 fully saturated rings. The van der Waals surface area contributed by atoms with Gasteiger partial charge in [0, 0.05) is 31.5 Å². The topological polar surface area (TPSA) is 69.8 Å². The lowest BCUT2D eigenvalue weighted by Gasteiger charge is -2.06. The number of carbonyl (C=O) groups excluding carboxylic acids is 1. The van der Waals surface area contributed by atoms with Crippen LogP contribution >= 0.6 is 24.8 Å². The predicted octanol–water partition coefficient (Wildman–Crippen LogP) is 1.72. The van der Waals surface area contributed by atoms with Crippen LogP contribution in [0, 0.1) is 0 Å². The van der Waals surface area contributed by atoms with Crippen LogP contribution in [0.1, 0.15) is 22.4 Å². The van der Waals surface area contributed by atoms with E-state index in [0.29, 0.717) is 13.0 Å². The van der Waals surface area contributed by atoms with Crippen molar-refractivity contribution in [1.29, 1.82) is 0 Å². The number of aromatic amines is 1. The minimum absolute atomic E-state index is 0. The van der Waals surface area contributed by atoms with Gasteiger partial charge < -0.3 is 10.6 Å². The quantitative estimate of drug-likeness (QED) is 0.800. The molecule has 1 amide bonds. The van der Waals surface area contributed by atoms with Crippen LogP contribution in [-0.2, 0) is 30.8 Å². The summed E-state index contributed by atoms with van der Waals surface area (Å²) in [7, 11) is 0. The van der Waals surface area contributed by atoms with E-state index in [9.17, 15) is 4.79 Å². The molecule has 2 heterocycles. The fourth-order valence-electron chi connectivity index (χ4n) is 2.28. The van der Waals surface area contributed by atoms with Gasteiger partial charge in [-0.05, 0) is 22.8 Å². The number of amides is 1. The fourth-order valence-corrected chi connectivity index (χ4v) is 2.28. The number of H-pyrrole nitrogens is 1. The van der Waals surface area contributed by atoms with Crippen LogP contribution in [0.2, 0.25) is 0 Å². The van der Waals surface area contributed by atoms with Gasteiger partial charge >= 0.3 is 0 Å².